The highest BCUT2D eigenvalue weighted by molar-refractivity contribution is 5.80. The van der Waals surface area contributed by atoms with Crippen molar-refractivity contribution >= 4 is 22.7 Å². The van der Waals surface area contributed by atoms with Gasteiger partial charge in [0.2, 0.25) is 5.78 Å². The van der Waals surface area contributed by atoms with E-state index < -0.39 is 17.3 Å². The molecule has 26 heavy (non-hydrogen) atoms. The molecule has 0 spiro atoms. The fourth-order valence-electron chi connectivity index (χ4n) is 3.19. The molecule has 3 aromatic heterocycles. The molecule has 9 heteroatoms. The number of imidazole rings is 2. The number of aryl methyl sites for hydroxylation is 3. The van der Waals surface area contributed by atoms with Crippen LogP contribution in [0.5, 0.6) is 0 Å². The summed E-state index contributed by atoms with van der Waals surface area (Å²) in [5.74, 6) is 0.339. The maximum Gasteiger partial charge on any atom is 0.333 e. The smallest absolute Gasteiger partial charge is 0.333 e. The van der Waals surface area contributed by atoms with Crippen molar-refractivity contribution in [1.82, 2.24) is 23.1 Å². The number of Topliss-reactive ketones (excluding diaryl/α,β-unsaturated/α-hetero) is 1. The number of methoxy groups -OCH3 is 1. The summed E-state index contributed by atoms with van der Waals surface area (Å²) in [7, 11) is 3.21. The Labute approximate surface area is 149 Å². The van der Waals surface area contributed by atoms with Crippen molar-refractivity contribution in [2.24, 2.45) is 7.05 Å². The summed E-state index contributed by atoms with van der Waals surface area (Å²) in [5.41, 5.74) is 0.497. The van der Waals surface area contributed by atoms with Crippen LogP contribution >= 0.6 is 0 Å². The summed E-state index contributed by atoms with van der Waals surface area (Å²) in [6, 6.07) is -0.832. The molecular formula is C17H23N5O4. The van der Waals surface area contributed by atoms with Crippen LogP contribution in [0.15, 0.2) is 15.8 Å². The quantitative estimate of drug-likeness (QED) is 0.601. The molecule has 3 rings (SSSR count). The summed E-state index contributed by atoms with van der Waals surface area (Å²) >= 11 is 0. The first-order valence-electron chi connectivity index (χ1n) is 8.48. The highest BCUT2D eigenvalue weighted by atomic mass is 16.5. The standard InChI is InChI=1S/C17H23N5O4/c1-10-9-21-13-14(18-16(21)20(10)7-6-8-26-5)19(4)17(25)22(15(13)24)11(2)12(3)23/h9,11H,6-8H2,1-5H3/t11-/m0/s1. The first-order valence-corrected chi connectivity index (χ1v) is 8.48. The Balaban J connectivity index is 2.34. The molecule has 0 aliphatic rings. The van der Waals surface area contributed by atoms with Crippen LogP contribution in [-0.4, -0.2) is 42.6 Å². The number of aromatic nitrogens is 5. The molecule has 0 saturated carbocycles. The van der Waals surface area contributed by atoms with Gasteiger partial charge in [-0.2, -0.15) is 4.98 Å². The molecule has 0 aliphatic carbocycles. The van der Waals surface area contributed by atoms with Gasteiger partial charge in [0, 0.05) is 39.2 Å². The lowest BCUT2D eigenvalue weighted by atomic mass is 10.2. The predicted octanol–water partition coefficient (Wildman–Crippen LogP) is 0.644. The maximum absolute atomic E-state index is 13.0. The lowest BCUT2D eigenvalue weighted by Gasteiger charge is -2.12. The van der Waals surface area contributed by atoms with Crippen LogP contribution in [0.4, 0.5) is 0 Å². The van der Waals surface area contributed by atoms with E-state index in [0.717, 1.165) is 16.7 Å². The van der Waals surface area contributed by atoms with Crippen molar-refractivity contribution in [3.8, 4) is 0 Å². The molecule has 140 valence electrons. The van der Waals surface area contributed by atoms with Crippen molar-refractivity contribution in [2.45, 2.75) is 39.8 Å². The summed E-state index contributed by atoms with van der Waals surface area (Å²) in [6.45, 7) is 6.16. The average Bonchev–Trinajstić information content (AvgIpc) is 3.09. The zero-order chi connectivity index (χ0) is 19.2. The number of hydrogen-bond acceptors (Lipinski definition) is 5. The van der Waals surface area contributed by atoms with Crippen molar-refractivity contribution in [2.75, 3.05) is 13.7 Å². The third kappa shape index (κ3) is 2.59. The number of carbonyl (C=O) groups is 1. The zero-order valence-electron chi connectivity index (χ0n) is 15.6. The van der Waals surface area contributed by atoms with Crippen LogP contribution in [0.2, 0.25) is 0 Å². The number of ether oxygens (including phenoxy) is 1. The lowest BCUT2D eigenvalue weighted by Crippen LogP contribution is -2.42. The van der Waals surface area contributed by atoms with E-state index in [-0.39, 0.29) is 5.78 Å². The average molecular weight is 361 g/mol. The fourth-order valence-corrected chi connectivity index (χ4v) is 3.19. The number of fused-ring (bicyclic) bond motifs is 3. The monoisotopic (exact) mass is 361 g/mol. The van der Waals surface area contributed by atoms with Gasteiger partial charge in [0.05, 0.1) is 6.04 Å². The van der Waals surface area contributed by atoms with Gasteiger partial charge in [-0.05, 0) is 27.2 Å². The molecule has 0 bridgehead atoms. The third-order valence-electron chi connectivity index (χ3n) is 4.80. The van der Waals surface area contributed by atoms with E-state index in [1.165, 1.54) is 11.5 Å². The van der Waals surface area contributed by atoms with Crippen LogP contribution in [0.3, 0.4) is 0 Å². The number of nitrogens with zero attached hydrogens (tertiary/aromatic N) is 5. The van der Waals surface area contributed by atoms with Crippen LogP contribution in [0.25, 0.3) is 16.9 Å². The van der Waals surface area contributed by atoms with E-state index in [4.69, 9.17) is 4.74 Å². The molecular weight excluding hydrogens is 338 g/mol. The summed E-state index contributed by atoms with van der Waals surface area (Å²) in [6.07, 6.45) is 2.63. The minimum atomic E-state index is -0.832. The van der Waals surface area contributed by atoms with Gasteiger partial charge in [-0.3, -0.25) is 18.6 Å². The van der Waals surface area contributed by atoms with Crippen LogP contribution in [0, 0.1) is 6.92 Å². The number of ketones is 1. The van der Waals surface area contributed by atoms with Crippen molar-refractivity contribution in [3.05, 3.63) is 32.7 Å². The molecule has 0 amide bonds. The first kappa shape index (κ1) is 18.1. The number of hydrogen-bond donors (Lipinski definition) is 0. The molecule has 3 aromatic rings. The molecule has 0 aliphatic heterocycles. The second kappa shape index (κ2) is 6.56. The first-order chi connectivity index (χ1) is 12.3. The van der Waals surface area contributed by atoms with Gasteiger partial charge in [0.15, 0.2) is 16.9 Å². The van der Waals surface area contributed by atoms with Crippen LogP contribution in [0.1, 0.15) is 32.0 Å². The highest BCUT2D eigenvalue weighted by Crippen LogP contribution is 2.17. The predicted molar refractivity (Wildman–Crippen MR) is 96.8 cm³/mol. The Kier molecular flexibility index (Phi) is 4.57. The third-order valence-corrected chi connectivity index (χ3v) is 4.80. The Morgan fingerprint density at radius 3 is 2.65 bits per heavy atom. The number of carbonyl (C=O) groups excluding carboxylic acids is 1. The van der Waals surface area contributed by atoms with Crippen molar-refractivity contribution in [3.63, 3.8) is 0 Å². The Bertz CT molecular complexity index is 1110. The molecule has 1 atom stereocenters. The SMILES string of the molecule is COCCCn1c(C)cn2c3c(=O)n([C@@H](C)C(C)=O)c(=O)n(C)c3nc12. The largest absolute Gasteiger partial charge is 0.385 e. The molecule has 0 N–H and O–H groups in total. The Morgan fingerprint density at radius 1 is 1.35 bits per heavy atom. The van der Waals surface area contributed by atoms with Crippen LogP contribution in [-0.2, 0) is 23.1 Å². The molecule has 0 fully saturated rings. The van der Waals surface area contributed by atoms with Crippen LogP contribution < -0.4 is 11.2 Å². The van der Waals surface area contributed by atoms with Gasteiger partial charge in [-0.25, -0.2) is 9.36 Å². The summed E-state index contributed by atoms with van der Waals surface area (Å²) in [5, 5.41) is 0. The fraction of sp³-hybridized carbons (Fsp3) is 0.529. The van der Waals surface area contributed by atoms with E-state index in [9.17, 15) is 14.4 Å². The van der Waals surface area contributed by atoms with Crippen molar-refractivity contribution in [1.29, 1.82) is 0 Å². The number of rotatable bonds is 6. The topological polar surface area (TPSA) is 92.5 Å². The van der Waals surface area contributed by atoms with Gasteiger partial charge in [-0.15, -0.1) is 0 Å². The molecule has 9 nitrogen and oxygen atoms in total. The molecule has 0 unspecified atom stereocenters. The molecule has 0 saturated heterocycles. The lowest BCUT2D eigenvalue weighted by molar-refractivity contribution is -0.119. The van der Waals surface area contributed by atoms with Gasteiger partial charge in [0.1, 0.15) is 0 Å². The van der Waals surface area contributed by atoms with Crippen molar-refractivity contribution < 1.29 is 9.53 Å². The normalized spacial score (nSPS) is 13.0. The van der Waals surface area contributed by atoms with E-state index in [2.05, 4.69) is 4.98 Å². The molecule has 0 radical (unpaired) electrons. The zero-order valence-corrected chi connectivity index (χ0v) is 15.6. The maximum atomic E-state index is 13.0. The van der Waals surface area contributed by atoms with E-state index in [0.29, 0.717) is 30.1 Å². The Morgan fingerprint density at radius 2 is 2.04 bits per heavy atom. The minimum absolute atomic E-state index is 0.252. The van der Waals surface area contributed by atoms with Gasteiger partial charge in [-0.1, -0.05) is 0 Å². The second-order valence-electron chi connectivity index (χ2n) is 6.53. The van der Waals surface area contributed by atoms with E-state index in [1.807, 2.05) is 17.7 Å². The second-order valence-corrected chi connectivity index (χ2v) is 6.53. The highest BCUT2D eigenvalue weighted by Gasteiger charge is 2.23. The minimum Gasteiger partial charge on any atom is -0.385 e. The van der Waals surface area contributed by atoms with E-state index in [1.54, 1.807) is 25.5 Å². The van der Waals surface area contributed by atoms with Gasteiger partial charge < -0.3 is 9.30 Å². The van der Waals surface area contributed by atoms with E-state index >= 15 is 0 Å². The Hall–Kier alpha value is -2.68. The molecule has 0 aromatic carbocycles. The molecule has 3 heterocycles. The summed E-state index contributed by atoms with van der Waals surface area (Å²) in [4.78, 5) is 41.9. The van der Waals surface area contributed by atoms with Gasteiger partial charge in [0.25, 0.3) is 5.56 Å². The van der Waals surface area contributed by atoms with Gasteiger partial charge >= 0.3 is 5.69 Å². The summed E-state index contributed by atoms with van der Waals surface area (Å²) < 4.78 is 11.1.